The van der Waals surface area contributed by atoms with Crippen LogP contribution in [0.25, 0.3) is 16.7 Å². The molecule has 3 N–H and O–H groups in total. The van der Waals surface area contributed by atoms with Gasteiger partial charge in [0, 0.05) is 13.0 Å². The van der Waals surface area contributed by atoms with Crippen LogP contribution in [-0.2, 0) is 6.42 Å². The van der Waals surface area contributed by atoms with Crippen LogP contribution in [0.5, 0.6) is 11.6 Å². The molecular weight excluding hydrogens is 470 g/mol. The lowest BCUT2D eigenvalue weighted by Crippen LogP contribution is -2.34. The number of imidazole rings is 1. The highest BCUT2D eigenvalue weighted by atomic mass is 32.1. The lowest BCUT2D eigenvalue weighted by atomic mass is 10.1. The minimum absolute atomic E-state index is 0.191. The molecule has 5 rings (SSSR count). The van der Waals surface area contributed by atoms with Crippen LogP contribution in [0.1, 0.15) is 36.0 Å². The molecule has 0 spiro atoms. The third-order valence-electron chi connectivity index (χ3n) is 5.96. The quantitative estimate of drug-likeness (QED) is 0.241. The normalized spacial score (nSPS) is 16.8. The molecule has 1 saturated heterocycles. The van der Waals surface area contributed by atoms with Gasteiger partial charge in [-0.1, -0.05) is 30.3 Å². The van der Waals surface area contributed by atoms with Crippen molar-refractivity contribution in [3.63, 3.8) is 0 Å². The van der Waals surface area contributed by atoms with Crippen LogP contribution in [0.15, 0.2) is 70.1 Å². The number of aromatic amines is 1. The number of guanidine groups is 1. The zero-order chi connectivity index (χ0) is 24.7. The van der Waals surface area contributed by atoms with Crippen molar-refractivity contribution in [1.82, 2.24) is 25.6 Å². The summed E-state index contributed by atoms with van der Waals surface area (Å²) in [5.41, 5.74) is 5.71. The maximum atomic E-state index is 6.23. The van der Waals surface area contributed by atoms with Crippen LogP contribution in [0.2, 0.25) is 0 Å². The van der Waals surface area contributed by atoms with Crippen molar-refractivity contribution >= 4 is 40.7 Å². The highest BCUT2D eigenvalue weighted by Gasteiger charge is 2.17. The summed E-state index contributed by atoms with van der Waals surface area (Å²) in [6.45, 7) is 7.55. The fourth-order valence-corrected chi connectivity index (χ4v) is 4.96. The van der Waals surface area contributed by atoms with Crippen molar-refractivity contribution in [3.8, 4) is 11.6 Å². The third-order valence-corrected chi connectivity index (χ3v) is 6.80. The topological polar surface area (TPSA) is 99.6 Å². The van der Waals surface area contributed by atoms with E-state index in [4.69, 9.17) is 9.73 Å². The number of nitrogens with one attached hydrogen (secondary N) is 3. The number of fused-ring (bicyclic) bond motifs is 1. The van der Waals surface area contributed by atoms with Gasteiger partial charge in [0.25, 0.3) is 0 Å². The zero-order valence-corrected chi connectivity index (χ0v) is 21.0. The van der Waals surface area contributed by atoms with Crippen LogP contribution in [0, 0.1) is 0 Å². The van der Waals surface area contributed by atoms with E-state index in [1.807, 2.05) is 55.5 Å². The van der Waals surface area contributed by atoms with Crippen LogP contribution >= 0.6 is 11.3 Å². The van der Waals surface area contributed by atoms with Gasteiger partial charge in [0.15, 0.2) is 0 Å². The van der Waals surface area contributed by atoms with E-state index < -0.39 is 0 Å². The van der Waals surface area contributed by atoms with Crippen LogP contribution in [0.4, 0.5) is 0 Å². The molecule has 0 radical (unpaired) electrons. The smallest absolute Gasteiger partial charge is 0.239 e. The van der Waals surface area contributed by atoms with E-state index in [9.17, 15) is 0 Å². The van der Waals surface area contributed by atoms with Crippen LogP contribution in [0.3, 0.4) is 0 Å². The maximum absolute atomic E-state index is 6.23. The number of thiazole rings is 1. The molecule has 1 fully saturated rings. The minimum atomic E-state index is 0.191. The van der Waals surface area contributed by atoms with Crippen molar-refractivity contribution in [2.45, 2.75) is 32.2 Å². The Kier molecular flexibility index (Phi) is 7.49. The second kappa shape index (κ2) is 11.3. The molecule has 1 aliphatic heterocycles. The Hall–Kier alpha value is -3.82. The molecule has 2 aromatic heterocycles. The van der Waals surface area contributed by atoms with Gasteiger partial charge >= 0.3 is 0 Å². The number of allylic oxidation sites excluding steroid dienone is 1. The molecule has 0 unspecified atom stereocenters. The summed E-state index contributed by atoms with van der Waals surface area (Å²) >= 11 is 1.50. The summed E-state index contributed by atoms with van der Waals surface area (Å²) < 4.78 is 6.23. The van der Waals surface area contributed by atoms with Gasteiger partial charge in [0.2, 0.25) is 11.8 Å². The highest BCUT2D eigenvalue weighted by Crippen LogP contribution is 2.32. The summed E-state index contributed by atoms with van der Waals surface area (Å²) in [4.78, 5) is 22.3. The van der Waals surface area contributed by atoms with Crippen molar-refractivity contribution in [1.29, 1.82) is 0 Å². The van der Waals surface area contributed by atoms with Crippen molar-refractivity contribution in [3.05, 3.63) is 76.4 Å². The predicted octanol–water partition coefficient (Wildman–Crippen LogP) is 5.16. The Bertz CT molecular complexity index is 1360. The molecule has 1 aliphatic rings. The molecule has 9 heteroatoms. The van der Waals surface area contributed by atoms with Gasteiger partial charge in [-0.2, -0.15) is 0 Å². The van der Waals surface area contributed by atoms with Crippen molar-refractivity contribution in [2.75, 3.05) is 13.1 Å². The number of ether oxygens (including phenoxy) is 1. The fraction of sp³-hybridized carbons (Fsp3) is 0.259. The van der Waals surface area contributed by atoms with Crippen LogP contribution < -0.4 is 15.4 Å². The van der Waals surface area contributed by atoms with Gasteiger partial charge in [-0.15, -0.1) is 11.3 Å². The first kappa shape index (κ1) is 23.9. The molecule has 4 aromatic rings. The Balaban J connectivity index is 1.30. The first-order valence-electron chi connectivity index (χ1n) is 12.0. The monoisotopic (exact) mass is 499 g/mol. The van der Waals surface area contributed by atoms with Gasteiger partial charge in [0.05, 0.1) is 28.3 Å². The molecule has 36 heavy (non-hydrogen) atoms. The standard InChI is InChI=1S/C27H29N7OS/c1-3-21(34-27(28-2)31-19-9-7-13-29-16-19)25-26(30-17-36-25)35-20-10-6-8-18(14-20)15-24-32-22-11-4-5-12-23(22)33-24/h3-6,8,10-12,14,17,19,29H,2,7,9,13,15-16H2,1H3,(H,31,34)(H,32,33)/b21-3-/t19-/m0/s1. The average molecular weight is 500 g/mol. The Morgan fingerprint density at radius 1 is 1.28 bits per heavy atom. The predicted molar refractivity (Wildman–Crippen MR) is 147 cm³/mol. The molecule has 3 heterocycles. The number of nitrogens with zero attached hydrogens (tertiary/aromatic N) is 4. The van der Waals surface area contributed by atoms with Crippen molar-refractivity contribution in [2.24, 2.45) is 9.98 Å². The number of rotatable bonds is 7. The Morgan fingerprint density at radius 3 is 3.00 bits per heavy atom. The molecule has 184 valence electrons. The molecular formula is C27H29N7OS. The Morgan fingerprint density at radius 2 is 2.19 bits per heavy atom. The lowest BCUT2D eigenvalue weighted by molar-refractivity contribution is 0.460. The van der Waals surface area contributed by atoms with E-state index >= 15 is 0 Å². The van der Waals surface area contributed by atoms with E-state index in [1.54, 1.807) is 5.51 Å². The zero-order valence-electron chi connectivity index (χ0n) is 20.2. The summed E-state index contributed by atoms with van der Waals surface area (Å²) in [7, 11) is 0. The number of hydrogen-bond acceptors (Lipinski definition) is 6. The molecule has 2 aromatic carbocycles. The SMILES string of the molecule is C=NC(=N[C@H]1CCCNC1)N/C(=C\C)c1scnc1Oc1cccc(Cc2nc3ccccc3[nH]2)c1. The number of piperidine rings is 1. The number of para-hydroxylation sites is 2. The summed E-state index contributed by atoms with van der Waals surface area (Å²) in [5.74, 6) is 2.67. The first-order chi connectivity index (χ1) is 17.7. The van der Waals surface area contributed by atoms with E-state index in [0.717, 1.165) is 64.7 Å². The summed E-state index contributed by atoms with van der Waals surface area (Å²) in [5, 5.41) is 6.69. The number of hydrogen-bond donors (Lipinski definition) is 3. The number of H-pyrrole nitrogens is 1. The van der Waals surface area contributed by atoms with Gasteiger partial charge in [0.1, 0.15) is 16.5 Å². The molecule has 8 nitrogen and oxygen atoms in total. The molecule has 0 bridgehead atoms. The van der Waals surface area contributed by atoms with E-state index in [-0.39, 0.29) is 6.04 Å². The minimum Gasteiger partial charge on any atom is -0.437 e. The second-order valence-electron chi connectivity index (χ2n) is 8.55. The first-order valence-corrected chi connectivity index (χ1v) is 12.9. The average Bonchev–Trinajstić information content (AvgIpc) is 3.53. The molecule has 0 aliphatic carbocycles. The second-order valence-corrected chi connectivity index (χ2v) is 9.41. The fourth-order valence-electron chi connectivity index (χ4n) is 4.21. The van der Waals surface area contributed by atoms with Gasteiger partial charge in [-0.05, 0) is 62.9 Å². The summed E-state index contributed by atoms with van der Waals surface area (Å²) in [6.07, 6.45) is 4.80. The van der Waals surface area contributed by atoms with E-state index in [1.165, 1.54) is 11.3 Å². The van der Waals surface area contributed by atoms with E-state index in [2.05, 4.69) is 43.4 Å². The number of aliphatic imine (C=N–C) groups is 2. The highest BCUT2D eigenvalue weighted by molar-refractivity contribution is 7.11. The van der Waals surface area contributed by atoms with E-state index in [0.29, 0.717) is 18.3 Å². The molecule has 0 saturated carbocycles. The number of benzene rings is 2. The summed E-state index contributed by atoms with van der Waals surface area (Å²) in [6, 6.07) is 16.2. The van der Waals surface area contributed by atoms with Gasteiger partial charge in [-0.3, -0.25) is 0 Å². The third kappa shape index (κ3) is 5.69. The van der Waals surface area contributed by atoms with Gasteiger partial charge < -0.3 is 20.4 Å². The largest absolute Gasteiger partial charge is 0.437 e. The van der Waals surface area contributed by atoms with Crippen LogP contribution in [-0.4, -0.2) is 46.8 Å². The van der Waals surface area contributed by atoms with Crippen molar-refractivity contribution < 1.29 is 4.74 Å². The maximum Gasteiger partial charge on any atom is 0.239 e. The number of aromatic nitrogens is 3. The van der Waals surface area contributed by atoms with Gasteiger partial charge in [-0.25, -0.2) is 20.0 Å². The molecule has 1 atom stereocenters. The Labute approximate surface area is 214 Å². The molecule has 0 amide bonds. The lowest BCUT2D eigenvalue weighted by Gasteiger charge is -2.20.